The summed E-state index contributed by atoms with van der Waals surface area (Å²) in [6.45, 7) is 3.73. The Bertz CT molecular complexity index is 546. The summed E-state index contributed by atoms with van der Waals surface area (Å²) in [6, 6.07) is 8.66. The molecule has 2 N–H and O–H groups in total. The van der Waals surface area contributed by atoms with Gasteiger partial charge in [-0.05, 0) is 58.2 Å². The number of hydrogen-bond donors (Lipinski definition) is 2. The van der Waals surface area contributed by atoms with Crippen molar-refractivity contribution in [3.05, 3.63) is 35.4 Å². The number of piperidine rings is 1. The van der Waals surface area contributed by atoms with Gasteiger partial charge in [0, 0.05) is 19.1 Å². The predicted molar refractivity (Wildman–Crippen MR) is 101 cm³/mol. The van der Waals surface area contributed by atoms with Crippen molar-refractivity contribution in [2.75, 3.05) is 27.2 Å². The molecule has 4 heteroatoms. The molecule has 2 aliphatic rings. The van der Waals surface area contributed by atoms with Crippen LogP contribution in [0.1, 0.15) is 49.7 Å². The second-order valence-corrected chi connectivity index (χ2v) is 8.28. The lowest BCUT2D eigenvalue weighted by molar-refractivity contribution is -0.188. The molecule has 1 aromatic rings. The molecular formula is C21H34N2O2. The molecule has 2 unspecified atom stereocenters. The quantitative estimate of drug-likeness (QED) is 0.861. The van der Waals surface area contributed by atoms with Crippen molar-refractivity contribution in [3.8, 4) is 0 Å². The zero-order valence-corrected chi connectivity index (χ0v) is 16.0. The van der Waals surface area contributed by atoms with Crippen LogP contribution in [0.25, 0.3) is 0 Å². The van der Waals surface area contributed by atoms with Gasteiger partial charge < -0.3 is 15.1 Å². The normalized spacial score (nSPS) is 24.6. The summed E-state index contributed by atoms with van der Waals surface area (Å²) in [6.07, 6.45) is 5.53. The molecule has 1 aliphatic heterocycles. The molecule has 1 heterocycles. The number of likely N-dealkylation sites (tertiary alicyclic amines) is 1. The first-order valence-corrected chi connectivity index (χ1v) is 9.81. The molecule has 3 rings (SSSR count). The number of aliphatic hydroxyl groups is 2. The van der Waals surface area contributed by atoms with E-state index >= 15 is 0 Å². The van der Waals surface area contributed by atoms with Crippen molar-refractivity contribution in [1.82, 2.24) is 9.80 Å². The lowest BCUT2D eigenvalue weighted by Gasteiger charge is -2.46. The van der Waals surface area contributed by atoms with Gasteiger partial charge >= 0.3 is 0 Å². The number of aryl methyl sites for hydroxylation is 1. The van der Waals surface area contributed by atoms with Crippen LogP contribution in [-0.4, -0.2) is 59.5 Å². The third kappa shape index (κ3) is 3.77. The van der Waals surface area contributed by atoms with Gasteiger partial charge in [-0.2, -0.15) is 0 Å². The van der Waals surface area contributed by atoms with E-state index in [-0.39, 0.29) is 5.92 Å². The summed E-state index contributed by atoms with van der Waals surface area (Å²) in [5.41, 5.74) is 0.876. The van der Waals surface area contributed by atoms with E-state index in [9.17, 15) is 10.2 Å². The van der Waals surface area contributed by atoms with Crippen LogP contribution in [0.2, 0.25) is 0 Å². The average Bonchev–Trinajstić information content (AvgIpc) is 3.16. The third-order valence-corrected chi connectivity index (χ3v) is 6.46. The minimum absolute atomic E-state index is 0.136. The Morgan fingerprint density at radius 3 is 2.12 bits per heavy atom. The fourth-order valence-corrected chi connectivity index (χ4v) is 4.71. The topological polar surface area (TPSA) is 46.9 Å². The van der Waals surface area contributed by atoms with Crippen LogP contribution < -0.4 is 0 Å². The Labute approximate surface area is 152 Å². The van der Waals surface area contributed by atoms with Crippen LogP contribution in [-0.2, 0) is 5.60 Å². The first-order chi connectivity index (χ1) is 11.9. The SMILES string of the molecule is Cc1ccc(C(O)(C2CCCC2)C(O)N2CCC(N(C)C)CC2)cc1. The van der Waals surface area contributed by atoms with E-state index in [1.165, 1.54) is 5.56 Å². The zero-order chi connectivity index (χ0) is 18.0. The van der Waals surface area contributed by atoms with Gasteiger partial charge in [0.15, 0.2) is 0 Å². The molecule has 1 saturated carbocycles. The second kappa shape index (κ2) is 7.75. The molecule has 1 aliphatic carbocycles. The minimum atomic E-state index is -1.17. The Hall–Kier alpha value is -0.940. The van der Waals surface area contributed by atoms with E-state index in [0.717, 1.165) is 57.2 Å². The zero-order valence-electron chi connectivity index (χ0n) is 16.0. The summed E-state index contributed by atoms with van der Waals surface area (Å²) in [5, 5.41) is 23.0. The highest BCUT2D eigenvalue weighted by atomic mass is 16.4. The largest absolute Gasteiger partial charge is 0.381 e. The summed E-state index contributed by atoms with van der Waals surface area (Å²) in [5.74, 6) is 0.136. The maximum absolute atomic E-state index is 11.8. The van der Waals surface area contributed by atoms with E-state index < -0.39 is 11.8 Å². The van der Waals surface area contributed by atoms with Crippen LogP contribution in [0.15, 0.2) is 24.3 Å². The van der Waals surface area contributed by atoms with E-state index in [0.29, 0.717) is 6.04 Å². The van der Waals surface area contributed by atoms with Crippen LogP contribution >= 0.6 is 0 Å². The van der Waals surface area contributed by atoms with Gasteiger partial charge in [-0.15, -0.1) is 0 Å². The van der Waals surface area contributed by atoms with Crippen molar-refractivity contribution >= 4 is 0 Å². The van der Waals surface area contributed by atoms with E-state index in [1.54, 1.807) is 0 Å². The van der Waals surface area contributed by atoms with Gasteiger partial charge in [-0.1, -0.05) is 42.7 Å². The number of benzene rings is 1. The van der Waals surface area contributed by atoms with Gasteiger partial charge in [-0.25, -0.2) is 0 Å². The van der Waals surface area contributed by atoms with Crippen LogP contribution in [0, 0.1) is 12.8 Å². The van der Waals surface area contributed by atoms with Gasteiger partial charge in [0.05, 0.1) is 0 Å². The smallest absolute Gasteiger partial charge is 0.140 e. The van der Waals surface area contributed by atoms with Crippen LogP contribution in [0.5, 0.6) is 0 Å². The lowest BCUT2D eigenvalue weighted by Crippen LogP contribution is -2.57. The molecule has 1 aromatic carbocycles. The van der Waals surface area contributed by atoms with Gasteiger partial charge in [0.1, 0.15) is 11.8 Å². The van der Waals surface area contributed by atoms with Gasteiger partial charge in [-0.3, -0.25) is 4.90 Å². The molecule has 0 amide bonds. The van der Waals surface area contributed by atoms with E-state index in [2.05, 4.69) is 30.8 Å². The van der Waals surface area contributed by atoms with Crippen molar-refractivity contribution in [2.45, 2.75) is 63.3 Å². The van der Waals surface area contributed by atoms with Crippen LogP contribution in [0.3, 0.4) is 0 Å². The lowest BCUT2D eigenvalue weighted by atomic mass is 9.77. The Morgan fingerprint density at radius 2 is 1.60 bits per heavy atom. The highest BCUT2D eigenvalue weighted by molar-refractivity contribution is 5.29. The monoisotopic (exact) mass is 346 g/mol. The van der Waals surface area contributed by atoms with Gasteiger partial charge in [0.2, 0.25) is 0 Å². The third-order valence-electron chi connectivity index (χ3n) is 6.46. The fraction of sp³-hybridized carbons (Fsp3) is 0.714. The summed E-state index contributed by atoms with van der Waals surface area (Å²) in [7, 11) is 4.25. The molecule has 2 fully saturated rings. The van der Waals surface area contributed by atoms with Crippen molar-refractivity contribution in [2.24, 2.45) is 5.92 Å². The summed E-state index contributed by atoms with van der Waals surface area (Å²) in [4.78, 5) is 4.37. The van der Waals surface area contributed by atoms with Gasteiger partial charge in [0.25, 0.3) is 0 Å². The highest BCUT2D eigenvalue weighted by Gasteiger charge is 2.48. The number of nitrogens with zero attached hydrogens (tertiary/aromatic N) is 2. The van der Waals surface area contributed by atoms with Crippen LogP contribution in [0.4, 0.5) is 0 Å². The molecule has 0 spiro atoms. The van der Waals surface area contributed by atoms with E-state index in [4.69, 9.17) is 0 Å². The average molecular weight is 347 g/mol. The number of rotatable bonds is 5. The first-order valence-electron chi connectivity index (χ1n) is 9.81. The molecule has 0 bridgehead atoms. The molecule has 0 radical (unpaired) electrons. The molecular weight excluding hydrogens is 312 g/mol. The molecule has 25 heavy (non-hydrogen) atoms. The fourth-order valence-electron chi connectivity index (χ4n) is 4.71. The second-order valence-electron chi connectivity index (χ2n) is 8.28. The summed E-state index contributed by atoms with van der Waals surface area (Å²) < 4.78 is 0. The predicted octanol–water partition coefficient (Wildman–Crippen LogP) is 2.72. The molecule has 0 aromatic heterocycles. The number of aliphatic hydroxyl groups excluding tert-OH is 1. The minimum Gasteiger partial charge on any atom is -0.381 e. The van der Waals surface area contributed by atoms with Crippen molar-refractivity contribution in [1.29, 1.82) is 0 Å². The first kappa shape index (κ1) is 18.8. The van der Waals surface area contributed by atoms with Crippen molar-refractivity contribution < 1.29 is 10.2 Å². The molecule has 1 saturated heterocycles. The Morgan fingerprint density at radius 1 is 1.04 bits per heavy atom. The molecule has 140 valence electrons. The highest BCUT2D eigenvalue weighted by Crippen LogP contribution is 2.44. The maximum atomic E-state index is 11.8. The van der Waals surface area contributed by atoms with Crippen molar-refractivity contribution in [3.63, 3.8) is 0 Å². The Balaban J connectivity index is 1.83. The Kier molecular flexibility index (Phi) is 5.84. The molecule has 2 atom stereocenters. The van der Waals surface area contributed by atoms with E-state index in [1.807, 2.05) is 24.3 Å². The standard InChI is InChI=1S/C21H34N2O2/c1-16-8-10-18(11-9-16)21(25,17-6-4-5-7-17)20(24)23-14-12-19(13-15-23)22(2)3/h8-11,17,19-20,24-25H,4-7,12-15H2,1-3H3. The molecule has 4 nitrogen and oxygen atoms in total. The number of hydrogen-bond acceptors (Lipinski definition) is 4. The maximum Gasteiger partial charge on any atom is 0.140 e. The summed E-state index contributed by atoms with van der Waals surface area (Å²) >= 11 is 0.